The van der Waals surface area contributed by atoms with Crippen molar-refractivity contribution in [3.8, 4) is 23.0 Å². The topological polar surface area (TPSA) is 129 Å². The lowest BCUT2D eigenvalue weighted by Crippen LogP contribution is -2.11. The van der Waals surface area contributed by atoms with Gasteiger partial charge in [0.1, 0.15) is 47.6 Å². The first-order valence-corrected chi connectivity index (χ1v) is 17.5. The number of imidazole rings is 3. The van der Waals surface area contributed by atoms with Gasteiger partial charge in [0.2, 0.25) is 0 Å². The molecule has 0 radical (unpaired) electrons. The molecule has 0 saturated heterocycles. The minimum Gasteiger partial charge on any atom is -0.350 e. The van der Waals surface area contributed by atoms with Gasteiger partial charge in [-0.25, -0.2) is 38.0 Å². The van der Waals surface area contributed by atoms with Crippen LogP contribution in [0.5, 0.6) is 0 Å². The number of anilines is 1. The summed E-state index contributed by atoms with van der Waals surface area (Å²) in [5.41, 5.74) is 7.45. The highest BCUT2D eigenvalue weighted by molar-refractivity contribution is 14.2. The molecule has 1 N–H and O–H groups in total. The number of benzene rings is 3. The average Bonchev–Trinajstić information content (AvgIpc) is 3.83. The van der Waals surface area contributed by atoms with E-state index in [9.17, 15) is 0 Å². The van der Waals surface area contributed by atoms with Gasteiger partial charge in [-0.05, 0) is 16.7 Å². The number of nitrogens with zero attached hydrogens (tertiary/aromatic N) is 11. The number of rotatable bonds is 8. The largest absolute Gasteiger partial charge is 0.350 e. The first-order chi connectivity index (χ1) is 23.8. The number of hydrogen-bond acceptors (Lipinski definition) is 9. The van der Waals surface area contributed by atoms with E-state index < -0.39 is 21.0 Å². The minimum atomic E-state index is -0.588. The maximum Gasteiger partial charge on any atom is 0.164 e. The van der Waals surface area contributed by atoms with E-state index in [-0.39, 0.29) is 0 Å². The van der Waals surface area contributed by atoms with Crippen LogP contribution in [0.4, 0.5) is 5.82 Å². The molecule has 6 heterocycles. The lowest BCUT2D eigenvalue weighted by molar-refractivity contribution is 0.803. The van der Waals surface area contributed by atoms with Crippen molar-refractivity contribution in [2.75, 3.05) is 12.0 Å². The predicted octanol–water partition coefficient (Wildman–Crippen LogP) is 6.35. The summed E-state index contributed by atoms with van der Waals surface area (Å²) in [5.74, 6) is 2.37. The minimum absolute atomic E-state index is 0.528. The lowest BCUT2D eigenvalue weighted by Gasteiger charge is -2.14. The Hall–Kier alpha value is -5.70. The second-order valence-corrected chi connectivity index (χ2v) is 13.5. The molecule has 3 aromatic carbocycles. The van der Waals surface area contributed by atoms with Gasteiger partial charge >= 0.3 is 0 Å². The van der Waals surface area contributed by atoms with Gasteiger partial charge in [0.25, 0.3) is 0 Å². The Morgan fingerprint density at radius 2 is 1.17 bits per heavy atom. The van der Waals surface area contributed by atoms with Gasteiger partial charge in [-0.2, -0.15) is 0 Å². The molecule has 0 atom stereocenters. The van der Waals surface area contributed by atoms with Crippen molar-refractivity contribution in [1.82, 2.24) is 48.6 Å². The van der Waals surface area contributed by atoms with Crippen molar-refractivity contribution in [3.05, 3.63) is 130 Å². The number of halogens is 1. The van der Waals surface area contributed by atoms with E-state index in [1.54, 1.807) is 12.7 Å². The van der Waals surface area contributed by atoms with Crippen LogP contribution in [0.2, 0.25) is 0 Å². The van der Waals surface area contributed by atoms with Crippen LogP contribution >= 0.6 is 21.0 Å². The van der Waals surface area contributed by atoms with Crippen molar-refractivity contribution in [3.63, 3.8) is 0 Å². The fraction of sp³-hybridized carbons (Fsp3) is 0.114. The number of aromatic nitrogens is 10. The van der Waals surface area contributed by atoms with E-state index in [1.165, 1.54) is 0 Å². The molecule has 5 aromatic heterocycles. The quantitative estimate of drug-likeness (QED) is 0.179. The third-order valence-corrected chi connectivity index (χ3v) is 10.2. The highest BCUT2D eigenvalue weighted by Crippen LogP contribution is 2.36. The molecule has 12 nitrogen and oxygen atoms in total. The molecule has 0 amide bonds. The molecule has 48 heavy (non-hydrogen) atoms. The Balaban J connectivity index is 1.24. The average molecular weight is 743 g/mol. The molecule has 0 bridgehead atoms. The Labute approximate surface area is 284 Å². The summed E-state index contributed by atoms with van der Waals surface area (Å²) in [6, 6.07) is 30.9. The molecular weight excluding hydrogens is 715 g/mol. The number of nitrogens with one attached hydrogen (secondary N) is 1. The SMILES string of the molecule is c1ccc(Cn2c(-c3ncnc4c3nc(-c3ncnc5c3ncn5Cc3ccccc3)n4Cc3ccccc3)nc3c2NCN=I3)cc1. The summed E-state index contributed by atoms with van der Waals surface area (Å²) in [5, 5.41) is 3.47. The fourth-order valence-corrected chi connectivity index (χ4v) is 7.79. The Morgan fingerprint density at radius 1 is 0.583 bits per heavy atom. The van der Waals surface area contributed by atoms with Crippen LogP contribution < -0.4 is 5.32 Å². The second-order valence-electron chi connectivity index (χ2n) is 11.3. The molecule has 234 valence electrons. The molecule has 9 rings (SSSR count). The van der Waals surface area contributed by atoms with Gasteiger partial charge in [-0.15, -0.1) is 0 Å². The molecule has 0 unspecified atom stereocenters. The zero-order valence-electron chi connectivity index (χ0n) is 25.5. The van der Waals surface area contributed by atoms with Crippen molar-refractivity contribution >= 4 is 49.2 Å². The maximum atomic E-state index is 5.26. The van der Waals surface area contributed by atoms with E-state index in [4.69, 9.17) is 29.9 Å². The molecule has 1 aliphatic rings. The van der Waals surface area contributed by atoms with Crippen molar-refractivity contribution in [1.29, 1.82) is 0 Å². The number of hydrogen-bond donors (Lipinski definition) is 1. The van der Waals surface area contributed by atoms with Crippen LogP contribution in [0.25, 0.3) is 45.4 Å². The highest BCUT2D eigenvalue weighted by atomic mass is 127. The highest BCUT2D eigenvalue weighted by Gasteiger charge is 2.27. The normalized spacial score (nSPS) is 12.6. The van der Waals surface area contributed by atoms with E-state index in [0.29, 0.717) is 60.2 Å². The van der Waals surface area contributed by atoms with Crippen LogP contribution in [0.3, 0.4) is 0 Å². The Kier molecular flexibility index (Phi) is 7.22. The van der Waals surface area contributed by atoms with Crippen LogP contribution in [-0.2, 0) is 19.6 Å². The zero-order chi connectivity index (χ0) is 31.9. The Bertz CT molecular complexity index is 2430. The molecule has 8 aromatic rings. The zero-order valence-corrected chi connectivity index (χ0v) is 27.7. The molecule has 0 fully saturated rings. The van der Waals surface area contributed by atoms with Gasteiger partial charge in [0.05, 0.1) is 47.0 Å². The maximum absolute atomic E-state index is 5.26. The van der Waals surface area contributed by atoms with Crippen LogP contribution in [0, 0.1) is 3.70 Å². The van der Waals surface area contributed by atoms with Gasteiger partial charge in [-0.3, -0.25) is 0 Å². The summed E-state index contributed by atoms with van der Waals surface area (Å²) < 4.78 is 12.0. The monoisotopic (exact) mass is 742 g/mol. The van der Waals surface area contributed by atoms with Crippen molar-refractivity contribution < 1.29 is 0 Å². The van der Waals surface area contributed by atoms with Crippen LogP contribution in [0.15, 0.2) is 113 Å². The van der Waals surface area contributed by atoms with Crippen molar-refractivity contribution in [2.24, 2.45) is 3.15 Å². The van der Waals surface area contributed by atoms with Gasteiger partial charge < -0.3 is 19.0 Å². The van der Waals surface area contributed by atoms with Gasteiger partial charge in [-0.1, -0.05) is 91.0 Å². The molecule has 0 saturated carbocycles. The summed E-state index contributed by atoms with van der Waals surface area (Å²) in [6.45, 7) is 2.38. The summed E-state index contributed by atoms with van der Waals surface area (Å²) in [6.07, 6.45) is 5.00. The summed E-state index contributed by atoms with van der Waals surface area (Å²) in [7, 11) is 0. The van der Waals surface area contributed by atoms with E-state index in [1.807, 2.05) is 53.4 Å². The third kappa shape index (κ3) is 5.12. The molecule has 1 aliphatic heterocycles. The molecule has 13 heteroatoms. The van der Waals surface area contributed by atoms with Crippen molar-refractivity contribution in [2.45, 2.75) is 19.6 Å². The van der Waals surface area contributed by atoms with Gasteiger partial charge in [0.15, 0.2) is 26.6 Å². The first kappa shape index (κ1) is 28.5. The molecule has 0 aliphatic carbocycles. The molecule has 0 spiro atoms. The predicted molar refractivity (Wildman–Crippen MR) is 191 cm³/mol. The smallest absolute Gasteiger partial charge is 0.164 e. The summed E-state index contributed by atoms with van der Waals surface area (Å²) >= 11 is -0.588. The molecular formula is C35H27IN12. The van der Waals surface area contributed by atoms with Crippen LogP contribution in [-0.4, -0.2) is 55.3 Å². The second kappa shape index (κ2) is 12.2. The van der Waals surface area contributed by atoms with Crippen LogP contribution in [0.1, 0.15) is 16.7 Å². The first-order valence-electron chi connectivity index (χ1n) is 15.4. The lowest BCUT2D eigenvalue weighted by atomic mass is 10.2. The van der Waals surface area contributed by atoms with E-state index in [0.717, 1.165) is 37.7 Å². The van der Waals surface area contributed by atoms with E-state index >= 15 is 0 Å². The summed E-state index contributed by atoms with van der Waals surface area (Å²) in [4.78, 5) is 34.2. The Morgan fingerprint density at radius 3 is 1.85 bits per heavy atom. The van der Waals surface area contributed by atoms with Gasteiger partial charge in [0, 0.05) is 0 Å². The standard InChI is InChI=1S/C35H27IN12/c1-4-10-23(11-5-1)16-46-22-42-26-27(37-19-39-31(26)46)33-44-29-28(38-20-40-32(29)47(33)17-24-12-6-2-7-13-24)34-45-30-35(41-21-43-36-30)48(34)18-25-14-8-3-9-15-25/h1-15,19-20,22,41H,16-18,21H2. The number of fused-ring (bicyclic) bond motifs is 3. The fourth-order valence-electron chi connectivity index (χ4n) is 6.08. The third-order valence-electron chi connectivity index (χ3n) is 8.29. The van der Waals surface area contributed by atoms with E-state index in [2.05, 4.69) is 71.1 Å².